The third-order valence-corrected chi connectivity index (χ3v) is 7.66. The summed E-state index contributed by atoms with van der Waals surface area (Å²) in [6.45, 7) is 4.50. The van der Waals surface area contributed by atoms with Gasteiger partial charge in [0.2, 0.25) is 0 Å². The first kappa shape index (κ1) is 14.9. The summed E-state index contributed by atoms with van der Waals surface area (Å²) in [5.41, 5.74) is -0.0327. The Bertz CT molecular complexity index is 527. The Labute approximate surface area is 132 Å². The third kappa shape index (κ3) is 1.79. The van der Waals surface area contributed by atoms with Gasteiger partial charge in [-0.2, -0.15) is 0 Å². The highest BCUT2D eigenvalue weighted by Crippen LogP contribution is 2.63. The minimum Gasteiger partial charge on any atom is -0.393 e. The van der Waals surface area contributed by atoms with Gasteiger partial charge in [-0.25, -0.2) is 0 Å². The summed E-state index contributed by atoms with van der Waals surface area (Å²) in [5.74, 6) is 1.31. The van der Waals surface area contributed by atoms with Crippen molar-refractivity contribution in [1.82, 2.24) is 0 Å². The van der Waals surface area contributed by atoms with Crippen LogP contribution in [0.2, 0.25) is 0 Å². The van der Waals surface area contributed by atoms with Crippen LogP contribution in [0.5, 0.6) is 0 Å². The van der Waals surface area contributed by atoms with Gasteiger partial charge in [-0.3, -0.25) is 0 Å². The van der Waals surface area contributed by atoms with E-state index in [9.17, 15) is 15.3 Å². The zero-order valence-corrected chi connectivity index (χ0v) is 13.5. The van der Waals surface area contributed by atoms with Crippen LogP contribution in [0.15, 0.2) is 24.3 Å². The van der Waals surface area contributed by atoms with Gasteiger partial charge < -0.3 is 15.3 Å². The molecule has 9 atom stereocenters. The minimum absolute atomic E-state index is 0.0752. The Kier molecular flexibility index (Phi) is 3.18. The average molecular weight is 304 g/mol. The van der Waals surface area contributed by atoms with E-state index in [2.05, 4.69) is 26.0 Å². The molecule has 4 aliphatic rings. The maximum Gasteiger partial charge on any atom is 0.0780 e. The second kappa shape index (κ2) is 4.68. The first-order chi connectivity index (χ1) is 10.4. The van der Waals surface area contributed by atoms with Crippen molar-refractivity contribution < 1.29 is 15.3 Å². The Morgan fingerprint density at radius 1 is 1.00 bits per heavy atom. The number of aliphatic hydroxyl groups is 3. The fourth-order valence-corrected chi connectivity index (χ4v) is 6.19. The lowest BCUT2D eigenvalue weighted by Crippen LogP contribution is -2.58. The molecule has 0 radical (unpaired) electrons. The van der Waals surface area contributed by atoms with E-state index in [0.717, 1.165) is 25.7 Å². The summed E-state index contributed by atoms with van der Waals surface area (Å²) < 4.78 is 0. The quantitative estimate of drug-likeness (QED) is 0.602. The molecule has 2 fully saturated rings. The standard InChI is InChI=1S/C19H28O3/c1-18-7-5-12(20)9-11(18)10-15(21)17-13-3-4-16(22)19(13,2)8-6-14(17)18/h3-5,7,11-17,20-22H,6,8-10H2,1-2H3/t11?,12-,13-,14-,15-,16-,17-,18-,19-/m0/s1. The molecular formula is C19H28O3. The number of hydrogen-bond acceptors (Lipinski definition) is 3. The molecule has 4 rings (SSSR count). The molecule has 0 aromatic heterocycles. The van der Waals surface area contributed by atoms with Crippen molar-refractivity contribution in [3.63, 3.8) is 0 Å². The van der Waals surface area contributed by atoms with E-state index in [1.165, 1.54) is 0 Å². The monoisotopic (exact) mass is 304 g/mol. The summed E-state index contributed by atoms with van der Waals surface area (Å²) in [5, 5.41) is 31.2. The van der Waals surface area contributed by atoms with Crippen LogP contribution in [0.1, 0.15) is 39.5 Å². The molecule has 3 N–H and O–H groups in total. The van der Waals surface area contributed by atoms with Crippen LogP contribution in [0, 0.1) is 34.5 Å². The Hall–Kier alpha value is -0.640. The van der Waals surface area contributed by atoms with Gasteiger partial charge in [-0.15, -0.1) is 0 Å². The van der Waals surface area contributed by atoms with Gasteiger partial charge in [0, 0.05) is 5.41 Å². The molecule has 0 amide bonds. The molecule has 4 aliphatic carbocycles. The Balaban J connectivity index is 1.73. The SMILES string of the molecule is C[C@]12CC[C@H]3[C@@H]([C@@H](O)CC4C[C@@H](O)C=C[C@@]43C)[C@@H]1C=C[C@@H]2O. The first-order valence-electron chi connectivity index (χ1n) is 8.78. The molecule has 0 saturated heterocycles. The second-order valence-electron chi connectivity index (χ2n) is 8.61. The lowest BCUT2D eigenvalue weighted by atomic mass is 9.45. The fraction of sp³-hybridized carbons (Fsp3) is 0.789. The molecule has 122 valence electrons. The highest BCUT2D eigenvalue weighted by molar-refractivity contribution is 5.23. The smallest absolute Gasteiger partial charge is 0.0780 e. The normalized spacial score (nSPS) is 59.8. The Morgan fingerprint density at radius 3 is 2.55 bits per heavy atom. The highest BCUT2D eigenvalue weighted by atomic mass is 16.3. The number of rotatable bonds is 0. The lowest BCUT2D eigenvalue weighted by Gasteiger charge is -2.60. The molecule has 3 heteroatoms. The van der Waals surface area contributed by atoms with Crippen molar-refractivity contribution in [2.45, 2.75) is 57.8 Å². The van der Waals surface area contributed by atoms with Crippen LogP contribution in [0.4, 0.5) is 0 Å². The molecule has 0 aliphatic heterocycles. The van der Waals surface area contributed by atoms with Crippen LogP contribution in [0.25, 0.3) is 0 Å². The van der Waals surface area contributed by atoms with Crippen molar-refractivity contribution in [3.8, 4) is 0 Å². The van der Waals surface area contributed by atoms with Crippen molar-refractivity contribution in [3.05, 3.63) is 24.3 Å². The summed E-state index contributed by atoms with van der Waals surface area (Å²) in [6, 6.07) is 0. The van der Waals surface area contributed by atoms with Crippen LogP contribution in [-0.4, -0.2) is 33.6 Å². The van der Waals surface area contributed by atoms with E-state index in [1.54, 1.807) is 0 Å². The van der Waals surface area contributed by atoms with E-state index in [1.807, 2.05) is 12.2 Å². The van der Waals surface area contributed by atoms with Crippen LogP contribution in [-0.2, 0) is 0 Å². The molecule has 0 spiro atoms. The van der Waals surface area contributed by atoms with Crippen LogP contribution in [0.3, 0.4) is 0 Å². The van der Waals surface area contributed by atoms with E-state index in [-0.39, 0.29) is 41.0 Å². The van der Waals surface area contributed by atoms with Crippen LogP contribution >= 0.6 is 0 Å². The number of allylic oxidation sites excluding steroid dienone is 2. The summed E-state index contributed by atoms with van der Waals surface area (Å²) in [4.78, 5) is 0. The van der Waals surface area contributed by atoms with E-state index in [4.69, 9.17) is 0 Å². The van der Waals surface area contributed by atoms with Crippen molar-refractivity contribution in [2.24, 2.45) is 34.5 Å². The van der Waals surface area contributed by atoms with Crippen LogP contribution < -0.4 is 0 Å². The molecule has 0 aromatic rings. The number of fused-ring (bicyclic) bond motifs is 5. The first-order valence-corrected chi connectivity index (χ1v) is 8.78. The van der Waals surface area contributed by atoms with E-state index >= 15 is 0 Å². The highest BCUT2D eigenvalue weighted by Gasteiger charge is 2.60. The largest absolute Gasteiger partial charge is 0.393 e. The van der Waals surface area contributed by atoms with Gasteiger partial charge in [0.25, 0.3) is 0 Å². The zero-order valence-electron chi connectivity index (χ0n) is 13.5. The lowest BCUT2D eigenvalue weighted by molar-refractivity contribution is -0.144. The number of hydrogen-bond donors (Lipinski definition) is 3. The summed E-state index contributed by atoms with van der Waals surface area (Å²) in [6.07, 6.45) is 10.9. The summed E-state index contributed by atoms with van der Waals surface area (Å²) >= 11 is 0. The van der Waals surface area contributed by atoms with Gasteiger partial charge in [0.05, 0.1) is 18.3 Å². The summed E-state index contributed by atoms with van der Waals surface area (Å²) in [7, 11) is 0. The van der Waals surface area contributed by atoms with Gasteiger partial charge in [-0.05, 0) is 54.8 Å². The molecule has 1 unspecified atom stereocenters. The second-order valence-corrected chi connectivity index (χ2v) is 8.61. The Morgan fingerprint density at radius 2 is 1.77 bits per heavy atom. The van der Waals surface area contributed by atoms with E-state index in [0.29, 0.717) is 11.8 Å². The van der Waals surface area contributed by atoms with Crippen molar-refractivity contribution in [1.29, 1.82) is 0 Å². The molecular weight excluding hydrogens is 276 g/mol. The fourth-order valence-electron chi connectivity index (χ4n) is 6.19. The maximum atomic E-state index is 10.9. The van der Waals surface area contributed by atoms with Gasteiger partial charge in [-0.1, -0.05) is 38.2 Å². The molecule has 3 nitrogen and oxygen atoms in total. The predicted octanol–water partition coefficient (Wildman–Crippen LogP) is 2.27. The van der Waals surface area contributed by atoms with Crippen molar-refractivity contribution >= 4 is 0 Å². The van der Waals surface area contributed by atoms with Gasteiger partial charge in [0.1, 0.15) is 0 Å². The maximum absolute atomic E-state index is 10.9. The molecule has 0 bridgehead atoms. The topological polar surface area (TPSA) is 60.7 Å². The predicted molar refractivity (Wildman–Crippen MR) is 84.9 cm³/mol. The average Bonchev–Trinajstić information content (AvgIpc) is 2.77. The molecule has 22 heavy (non-hydrogen) atoms. The minimum atomic E-state index is -0.375. The number of aliphatic hydroxyl groups excluding tert-OH is 3. The molecule has 0 heterocycles. The molecule has 0 aromatic carbocycles. The van der Waals surface area contributed by atoms with E-state index < -0.39 is 0 Å². The van der Waals surface area contributed by atoms with Gasteiger partial charge in [0.15, 0.2) is 0 Å². The molecule has 2 saturated carbocycles. The zero-order chi connectivity index (χ0) is 15.7. The van der Waals surface area contributed by atoms with Crippen molar-refractivity contribution in [2.75, 3.05) is 0 Å². The third-order valence-electron chi connectivity index (χ3n) is 7.66. The van der Waals surface area contributed by atoms with Gasteiger partial charge >= 0.3 is 0 Å².